The Morgan fingerprint density at radius 3 is 2.38 bits per heavy atom. The summed E-state index contributed by atoms with van der Waals surface area (Å²) in [5, 5.41) is 1.08. The van der Waals surface area contributed by atoms with Gasteiger partial charge in [0.25, 0.3) is 0 Å². The summed E-state index contributed by atoms with van der Waals surface area (Å²) in [5.74, 6) is 3.01. The van der Waals surface area contributed by atoms with Crippen LogP contribution in [-0.4, -0.2) is 14.2 Å². The number of rotatable bonds is 5. The highest BCUT2D eigenvalue weighted by Gasteiger charge is 2.31. The summed E-state index contributed by atoms with van der Waals surface area (Å²) in [6.45, 7) is 8.57. The number of para-hydroxylation sites is 1. The van der Waals surface area contributed by atoms with Crippen LogP contribution in [0.5, 0.6) is 11.5 Å². The molecule has 2 atom stereocenters. The third-order valence-electron chi connectivity index (χ3n) is 5.97. The molecule has 0 aliphatic heterocycles. The molecule has 0 spiro atoms. The van der Waals surface area contributed by atoms with Gasteiger partial charge in [-0.2, -0.15) is 0 Å². The number of hydrogen-bond donors (Lipinski definition) is 0. The molecule has 150 valence electrons. The van der Waals surface area contributed by atoms with Crippen molar-refractivity contribution in [2.24, 2.45) is 5.92 Å². The minimum absolute atomic E-state index is 0.191. The van der Waals surface area contributed by atoms with Crippen LogP contribution < -0.4 is 9.47 Å². The number of allylic oxidation sites excluding steroid dienone is 3. The second-order valence-corrected chi connectivity index (χ2v) is 7.97. The SMILES string of the molecule is C=C(C)[C@H]1CCC(C)=C[C@@H]1c1c(OC)cc(-c2cc3ccccc3o2)cc1OC. The zero-order valence-electron chi connectivity index (χ0n) is 17.6. The van der Waals surface area contributed by atoms with Gasteiger partial charge in [-0.3, -0.25) is 0 Å². The van der Waals surface area contributed by atoms with Crippen LogP contribution in [0.1, 0.15) is 38.2 Å². The largest absolute Gasteiger partial charge is 0.496 e. The molecule has 1 aliphatic carbocycles. The van der Waals surface area contributed by atoms with E-state index in [1.807, 2.05) is 18.2 Å². The summed E-state index contributed by atoms with van der Waals surface area (Å²) in [6, 6.07) is 14.2. The van der Waals surface area contributed by atoms with Crippen molar-refractivity contribution in [1.29, 1.82) is 0 Å². The maximum Gasteiger partial charge on any atom is 0.135 e. The molecule has 0 radical (unpaired) electrons. The van der Waals surface area contributed by atoms with Gasteiger partial charge >= 0.3 is 0 Å². The molecule has 0 unspecified atom stereocenters. The molecule has 1 aromatic heterocycles. The first-order chi connectivity index (χ1) is 14.0. The van der Waals surface area contributed by atoms with E-state index < -0.39 is 0 Å². The van der Waals surface area contributed by atoms with Crippen molar-refractivity contribution in [2.45, 2.75) is 32.6 Å². The Morgan fingerprint density at radius 2 is 1.76 bits per heavy atom. The molecule has 0 N–H and O–H groups in total. The number of hydrogen-bond acceptors (Lipinski definition) is 3. The number of fused-ring (bicyclic) bond motifs is 1. The van der Waals surface area contributed by atoms with E-state index in [1.165, 1.54) is 11.1 Å². The van der Waals surface area contributed by atoms with E-state index in [2.05, 4.69) is 50.8 Å². The molecule has 29 heavy (non-hydrogen) atoms. The van der Waals surface area contributed by atoms with Crippen LogP contribution >= 0.6 is 0 Å². The normalized spacial score (nSPS) is 19.1. The van der Waals surface area contributed by atoms with Gasteiger partial charge < -0.3 is 13.9 Å². The van der Waals surface area contributed by atoms with Gasteiger partial charge in [0, 0.05) is 22.4 Å². The Hall–Kier alpha value is -2.94. The van der Waals surface area contributed by atoms with Gasteiger partial charge in [-0.05, 0) is 56.9 Å². The molecule has 0 bridgehead atoms. The monoisotopic (exact) mass is 388 g/mol. The lowest BCUT2D eigenvalue weighted by molar-refractivity contribution is 0.369. The van der Waals surface area contributed by atoms with E-state index in [4.69, 9.17) is 13.9 Å². The van der Waals surface area contributed by atoms with Crippen molar-refractivity contribution >= 4 is 11.0 Å². The van der Waals surface area contributed by atoms with E-state index in [-0.39, 0.29) is 5.92 Å². The van der Waals surface area contributed by atoms with Crippen LogP contribution in [0.25, 0.3) is 22.3 Å². The summed E-state index contributed by atoms with van der Waals surface area (Å²) in [6.07, 6.45) is 4.56. The van der Waals surface area contributed by atoms with Crippen molar-refractivity contribution in [3.63, 3.8) is 0 Å². The molecule has 0 fully saturated rings. The van der Waals surface area contributed by atoms with Crippen molar-refractivity contribution in [3.8, 4) is 22.8 Å². The summed E-state index contributed by atoms with van der Waals surface area (Å²) in [5.41, 5.74) is 5.50. The summed E-state index contributed by atoms with van der Waals surface area (Å²) >= 11 is 0. The van der Waals surface area contributed by atoms with Crippen LogP contribution in [-0.2, 0) is 0 Å². The minimum Gasteiger partial charge on any atom is -0.496 e. The van der Waals surface area contributed by atoms with E-state index in [1.54, 1.807) is 14.2 Å². The molecular formula is C26H28O3. The fourth-order valence-electron chi connectivity index (χ4n) is 4.44. The first-order valence-electron chi connectivity index (χ1n) is 10.1. The summed E-state index contributed by atoms with van der Waals surface area (Å²) in [4.78, 5) is 0. The Bertz CT molecular complexity index is 1030. The third kappa shape index (κ3) is 3.57. The number of ether oxygens (including phenoxy) is 2. The van der Waals surface area contributed by atoms with Gasteiger partial charge in [-0.15, -0.1) is 0 Å². The van der Waals surface area contributed by atoms with Crippen molar-refractivity contribution < 1.29 is 13.9 Å². The highest BCUT2D eigenvalue weighted by molar-refractivity contribution is 5.83. The van der Waals surface area contributed by atoms with Crippen LogP contribution in [0.2, 0.25) is 0 Å². The average molecular weight is 389 g/mol. The molecule has 2 aromatic carbocycles. The Kier molecular flexibility index (Phi) is 5.23. The second kappa shape index (κ2) is 7.82. The van der Waals surface area contributed by atoms with Crippen LogP contribution in [0.15, 0.2) is 70.7 Å². The second-order valence-electron chi connectivity index (χ2n) is 7.97. The highest BCUT2D eigenvalue weighted by atomic mass is 16.5. The van der Waals surface area contributed by atoms with E-state index in [0.29, 0.717) is 5.92 Å². The van der Waals surface area contributed by atoms with Gasteiger partial charge in [0.1, 0.15) is 22.8 Å². The lowest BCUT2D eigenvalue weighted by atomic mass is 9.73. The Morgan fingerprint density at radius 1 is 1.07 bits per heavy atom. The standard InChI is InChI=1S/C26H28O3/c1-16(2)20-11-10-17(3)12-21(20)26-24(27-4)14-19(15-25(26)28-5)23-13-18-8-6-7-9-22(18)29-23/h6-9,12-15,20-21H,1,10-11H2,2-5H3/t20-,21+/m1/s1. The quantitative estimate of drug-likeness (QED) is 0.436. The third-order valence-corrected chi connectivity index (χ3v) is 5.97. The lowest BCUT2D eigenvalue weighted by Gasteiger charge is -2.32. The minimum atomic E-state index is 0.191. The van der Waals surface area contributed by atoms with Gasteiger partial charge in [-0.25, -0.2) is 0 Å². The smallest absolute Gasteiger partial charge is 0.135 e. The first-order valence-corrected chi connectivity index (χ1v) is 10.1. The number of methoxy groups -OCH3 is 2. The molecule has 0 saturated heterocycles. The average Bonchev–Trinajstić information content (AvgIpc) is 3.16. The van der Waals surface area contributed by atoms with Crippen LogP contribution in [0.3, 0.4) is 0 Å². The van der Waals surface area contributed by atoms with Crippen molar-refractivity contribution in [1.82, 2.24) is 0 Å². The van der Waals surface area contributed by atoms with Gasteiger partial charge in [0.05, 0.1) is 14.2 Å². The molecule has 0 saturated carbocycles. The van der Waals surface area contributed by atoms with Crippen molar-refractivity contribution in [3.05, 3.63) is 71.8 Å². The maximum atomic E-state index is 6.08. The Labute approximate surface area is 172 Å². The van der Waals surface area contributed by atoms with Gasteiger partial charge in [0.15, 0.2) is 0 Å². The predicted molar refractivity (Wildman–Crippen MR) is 119 cm³/mol. The van der Waals surface area contributed by atoms with Crippen molar-refractivity contribution in [2.75, 3.05) is 14.2 Å². The molecule has 1 heterocycles. The van der Waals surface area contributed by atoms with Crippen LogP contribution in [0, 0.1) is 5.92 Å². The van der Waals surface area contributed by atoms with Crippen LogP contribution in [0.4, 0.5) is 0 Å². The fourth-order valence-corrected chi connectivity index (χ4v) is 4.44. The number of benzene rings is 2. The van der Waals surface area contributed by atoms with Gasteiger partial charge in [0.2, 0.25) is 0 Å². The molecule has 3 aromatic rings. The number of furan rings is 1. The Balaban J connectivity index is 1.87. The van der Waals surface area contributed by atoms with E-state index in [9.17, 15) is 0 Å². The molecular weight excluding hydrogens is 360 g/mol. The molecule has 3 heteroatoms. The zero-order valence-corrected chi connectivity index (χ0v) is 17.6. The van der Waals surface area contributed by atoms with E-state index in [0.717, 1.165) is 52.2 Å². The fraction of sp³-hybridized carbons (Fsp3) is 0.308. The summed E-state index contributed by atoms with van der Waals surface area (Å²) < 4.78 is 17.8. The zero-order chi connectivity index (χ0) is 20.5. The summed E-state index contributed by atoms with van der Waals surface area (Å²) in [7, 11) is 3.44. The topological polar surface area (TPSA) is 31.6 Å². The maximum absolute atomic E-state index is 6.08. The molecule has 0 amide bonds. The van der Waals surface area contributed by atoms with Gasteiger partial charge in [-0.1, -0.05) is 42.0 Å². The molecule has 4 rings (SSSR count). The molecule has 3 nitrogen and oxygen atoms in total. The lowest BCUT2D eigenvalue weighted by Crippen LogP contribution is -2.18. The highest BCUT2D eigenvalue weighted by Crippen LogP contribution is 2.48. The van der Waals surface area contributed by atoms with E-state index >= 15 is 0 Å². The predicted octanol–water partition coefficient (Wildman–Crippen LogP) is 7.13. The first kappa shape index (κ1) is 19.4. The molecule has 1 aliphatic rings.